The second kappa shape index (κ2) is 5.80. The minimum atomic E-state index is -0.241. The Morgan fingerprint density at radius 2 is 2.19 bits per heavy atom. The van der Waals surface area contributed by atoms with Gasteiger partial charge in [-0.1, -0.05) is 29.8 Å². The number of nitrogens with zero attached hydrogens (tertiary/aromatic N) is 2. The molecule has 3 rings (SSSR count). The number of carbonyl (C=O) groups is 1. The smallest absolute Gasteiger partial charge is 0.255 e. The van der Waals surface area contributed by atoms with E-state index in [0.29, 0.717) is 28.6 Å². The van der Waals surface area contributed by atoms with E-state index in [1.54, 1.807) is 18.5 Å². The quantitative estimate of drug-likeness (QED) is 0.691. The fourth-order valence-electron chi connectivity index (χ4n) is 1.98. The highest BCUT2D eigenvalue weighted by atomic mass is 35.5. The third kappa shape index (κ3) is 2.80. The first-order valence-electron chi connectivity index (χ1n) is 6.30. The van der Waals surface area contributed by atoms with Crippen LogP contribution in [0.2, 0.25) is 5.02 Å². The summed E-state index contributed by atoms with van der Waals surface area (Å²) in [5, 5.41) is 10.1. The van der Waals surface area contributed by atoms with Crippen LogP contribution in [0.5, 0.6) is 0 Å². The van der Waals surface area contributed by atoms with E-state index in [2.05, 4.69) is 25.5 Å². The number of imidazole rings is 1. The molecule has 0 aliphatic heterocycles. The van der Waals surface area contributed by atoms with Crippen LogP contribution in [-0.2, 0) is 6.54 Å². The summed E-state index contributed by atoms with van der Waals surface area (Å²) in [6.45, 7) is 0.318. The summed E-state index contributed by atoms with van der Waals surface area (Å²) in [4.78, 5) is 19.2. The largest absolute Gasteiger partial charge is 0.347 e. The average Bonchev–Trinajstić information content (AvgIpc) is 3.16. The predicted molar refractivity (Wildman–Crippen MR) is 78.8 cm³/mol. The van der Waals surface area contributed by atoms with Crippen molar-refractivity contribution in [1.82, 2.24) is 25.5 Å². The highest BCUT2D eigenvalue weighted by molar-refractivity contribution is 6.33. The third-order valence-electron chi connectivity index (χ3n) is 3.00. The van der Waals surface area contributed by atoms with Gasteiger partial charge < -0.3 is 10.3 Å². The van der Waals surface area contributed by atoms with Crippen molar-refractivity contribution in [2.75, 3.05) is 0 Å². The predicted octanol–water partition coefficient (Wildman–Crippen LogP) is 2.38. The Labute approximate surface area is 125 Å². The molecule has 0 fully saturated rings. The molecule has 0 saturated carbocycles. The molecule has 106 valence electrons. The first-order chi connectivity index (χ1) is 10.3. The van der Waals surface area contributed by atoms with Gasteiger partial charge in [-0.25, -0.2) is 4.98 Å². The van der Waals surface area contributed by atoms with Crippen LogP contribution in [0.1, 0.15) is 16.2 Å². The molecule has 3 aromatic rings. The summed E-state index contributed by atoms with van der Waals surface area (Å²) in [5.74, 6) is 0.446. The fourth-order valence-corrected chi connectivity index (χ4v) is 2.21. The number of aromatic nitrogens is 4. The summed E-state index contributed by atoms with van der Waals surface area (Å²) in [6.07, 6.45) is 4.82. The van der Waals surface area contributed by atoms with Crippen LogP contribution in [0.4, 0.5) is 0 Å². The van der Waals surface area contributed by atoms with Gasteiger partial charge in [-0.3, -0.25) is 9.89 Å². The highest BCUT2D eigenvalue weighted by Gasteiger charge is 2.16. The number of benzene rings is 1. The number of hydrogen-bond acceptors (Lipinski definition) is 3. The number of rotatable bonds is 4. The van der Waals surface area contributed by atoms with Gasteiger partial charge in [0.05, 0.1) is 24.0 Å². The van der Waals surface area contributed by atoms with Gasteiger partial charge >= 0.3 is 0 Å². The van der Waals surface area contributed by atoms with E-state index in [-0.39, 0.29) is 5.91 Å². The normalized spacial score (nSPS) is 10.5. The Hall–Kier alpha value is -2.60. The molecule has 1 amide bonds. The Kier molecular flexibility index (Phi) is 3.70. The minimum Gasteiger partial charge on any atom is -0.347 e. The van der Waals surface area contributed by atoms with E-state index in [0.717, 1.165) is 5.56 Å². The number of hydrogen-bond donors (Lipinski definition) is 3. The van der Waals surface area contributed by atoms with Crippen LogP contribution in [0, 0.1) is 0 Å². The molecule has 0 radical (unpaired) electrons. The average molecular weight is 302 g/mol. The monoisotopic (exact) mass is 301 g/mol. The van der Waals surface area contributed by atoms with Gasteiger partial charge in [0.25, 0.3) is 5.91 Å². The summed E-state index contributed by atoms with van der Waals surface area (Å²) in [5.41, 5.74) is 1.77. The van der Waals surface area contributed by atoms with Crippen LogP contribution >= 0.6 is 11.6 Å². The van der Waals surface area contributed by atoms with Crippen molar-refractivity contribution in [3.8, 4) is 11.3 Å². The zero-order valence-electron chi connectivity index (χ0n) is 10.9. The Morgan fingerprint density at radius 3 is 2.95 bits per heavy atom. The van der Waals surface area contributed by atoms with Gasteiger partial charge in [-0.05, 0) is 6.07 Å². The molecule has 2 heterocycles. The number of nitrogens with one attached hydrogen (secondary N) is 3. The highest BCUT2D eigenvalue weighted by Crippen LogP contribution is 2.28. The summed E-state index contributed by atoms with van der Waals surface area (Å²) in [6, 6.07) is 7.28. The van der Waals surface area contributed by atoms with Crippen molar-refractivity contribution in [2.45, 2.75) is 6.54 Å². The topological polar surface area (TPSA) is 86.5 Å². The summed E-state index contributed by atoms with van der Waals surface area (Å²) in [7, 11) is 0. The molecular weight excluding hydrogens is 290 g/mol. The molecule has 1 aromatic carbocycles. The maximum absolute atomic E-state index is 12.3. The molecule has 0 aliphatic rings. The molecule has 0 saturated heterocycles. The molecule has 0 atom stereocenters. The van der Waals surface area contributed by atoms with Gasteiger partial charge in [0.2, 0.25) is 0 Å². The maximum Gasteiger partial charge on any atom is 0.255 e. The molecule has 6 nitrogen and oxygen atoms in total. The van der Waals surface area contributed by atoms with Gasteiger partial charge in [0.1, 0.15) is 5.82 Å². The molecule has 0 spiro atoms. The second-order valence-corrected chi connectivity index (χ2v) is 4.76. The first kappa shape index (κ1) is 13.4. The molecule has 3 N–H and O–H groups in total. The number of halogens is 1. The van der Waals surface area contributed by atoms with E-state index < -0.39 is 0 Å². The fraction of sp³-hybridized carbons (Fsp3) is 0.0714. The Bertz CT molecular complexity index is 750. The van der Waals surface area contributed by atoms with Gasteiger partial charge in [-0.2, -0.15) is 5.10 Å². The van der Waals surface area contributed by atoms with E-state index >= 15 is 0 Å². The second-order valence-electron chi connectivity index (χ2n) is 4.36. The number of amides is 1. The van der Waals surface area contributed by atoms with Gasteiger partial charge in [-0.15, -0.1) is 0 Å². The standard InChI is InChI=1S/C14H12ClN5O/c15-11-4-2-1-3-9(11)13-10(7-19-20-13)14(21)18-8-12-16-5-6-17-12/h1-7H,8H2,(H,16,17)(H,18,21)(H,19,20). The number of aromatic amines is 2. The summed E-state index contributed by atoms with van der Waals surface area (Å²) >= 11 is 6.16. The van der Waals surface area contributed by atoms with Crippen LogP contribution in [-0.4, -0.2) is 26.1 Å². The Balaban J connectivity index is 1.82. The van der Waals surface area contributed by atoms with Crippen molar-refractivity contribution >= 4 is 17.5 Å². The van der Waals surface area contributed by atoms with E-state index in [9.17, 15) is 4.79 Å². The van der Waals surface area contributed by atoms with Gasteiger partial charge in [0, 0.05) is 23.0 Å². The third-order valence-corrected chi connectivity index (χ3v) is 3.33. The van der Waals surface area contributed by atoms with Crippen molar-refractivity contribution in [3.05, 3.63) is 59.3 Å². The van der Waals surface area contributed by atoms with Crippen LogP contribution < -0.4 is 5.32 Å². The van der Waals surface area contributed by atoms with E-state index in [4.69, 9.17) is 11.6 Å². The van der Waals surface area contributed by atoms with Crippen molar-refractivity contribution in [2.24, 2.45) is 0 Å². The molecule has 0 aliphatic carbocycles. The SMILES string of the molecule is O=C(NCc1ncc[nH]1)c1cn[nH]c1-c1ccccc1Cl. The molecule has 2 aromatic heterocycles. The van der Waals surface area contributed by atoms with Crippen LogP contribution in [0.15, 0.2) is 42.9 Å². The Morgan fingerprint density at radius 1 is 1.33 bits per heavy atom. The lowest BCUT2D eigenvalue weighted by Crippen LogP contribution is -2.23. The number of H-pyrrole nitrogens is 2. The zero-order valence-corrected chi connectivity index (χ0v) is 11.7. The van der Waals surface area contributed by atoms with Crippen molar-refractivity contribution in [1.29, 1.82) is 0 Å². The lowest BCUT2D eigenvalue weighted by Gasteiger charge is -2.06. The lowest BCUT2D eigenvalue weighted by molar-refractivity contribution is 0.0950. The van der Waals surface area contributed by atoms with Crippen LogP contribution in [0.25, 0.3) is 11.3 Å². The molecular formula is C14H12ClN5O. The first-order valence-corrected chi connectivity index (χ1v) is 6.68. The van der Waals surface area contributed by atoms with E-state index in [1.165, 1.54) is 6.20 Å². The lowest BCUT2D eigenvalue weighted by atomic mass is 10.1. The van der Waals surface area contributed by atoms with Gasteiger partial charge in [0.15, 0.2) is 0 Å². The van der Waals surface area contributed by atoms with Crippen molar-refractivity contribution in [3.63, 3.8) is 0 Å². The van der Waals surface area contributed by atoms with Crippen LogP contribution in [0.3, 0.4) is 0 Å². The van der Waals surface area contributed by atoms with Crippen molar-refractivity contribution < 1.29 is 4.79 Å². The maximum atomic E-state index is 12.3. The number of carbonyl (C=O) groups excluding carboxylic acids is 1. The summed E-state index contributed by atoms with van der Waals surface area (Å²) < 4.78 is 0. The zero-order chi connectivity index (χ0) is 14.7. The molecule has 0 unspecified atom stereocenters. The molecule has 0 bridgehead atoms. The minimum absolute atomic E-state index is 0.241. The molecule has 21 heavy (non-hydrogen) atoms. The van der Waals surface area contributed by atoms with E-state index in [1.807, 2.05) is 18.2 Å². The molecule has 7 heteroatoms.